The van der Waals surface area contributed by atoms with E-state index in [0.29, 0.717) is 19.0 Å². The average Bonchev–Trinajstić information content (AvgIpc) is 3.06. The van der Waals surface area contributed by atoms with E-state index >= 15 is 0 Å². The molecule has 0 radical (unpaired) electrons. The fraction of sp³-hybridized carbons (Fsp3) is 0.727. The molecule has 7 nitrogen and oxygen atoms in total. The second-order valence-corrected chi connectivity index (χ2v) is 4.59. The van der Waals surface area contributed by atoms with Gasteiger partial charge >= 0.3 is 5.69 Å². The molecule has 2 rings (SSSR count). The molecule has 1 heterocycles. The van der Waals surface area contributed by atoms with Gasteiger partial charge in [-0.2, -0.15) is 0 Å². The first-order valence-corrected chi connectivity index (χ1v) is 6.16. The SMILES string of the molecule is Cn1cc([N+](=O)[O-])c(NCCCOCC2CC2)n1. The Kier molecular flexibility index (Phi) is 4.14. The molecule has 0 spiro atoms. The van der Waals surface area contributed by atoms with Gasteiger partial charge in [0.15, 0.2) is 0 Å². The van der Waals surface area contributed by atoms with Crippen LogP contribution in [0.1, 0.15) is 19.3 Å². The number of nitro groups is 1. The van der Waals surface area contributed by atoms with E-state index in [4.69, 9.17) is 4.74 Å². The zero-order chi connectivity index (χ0) is 13.0. The number of hydrogen-bond acceptors (Lipinski definition) is 5. The van der Waals surface area contributed by atoms with Crippen molar-refractivity contribution in [3.05, 3.63) is 16.3 Å². The highest BCUT2D eigenvalue weighted by molar-refractivity contribution is 5.54. The maximum absolute atomic E-state index is 10.7. The molecule has 100 valence electrons. The summed E-state index contributed by atoms with van der Waals surface area (Å²) in [6.07, 6.45) is 4.79. The predicted octanol–water partition coefficient (Wildman–Crippen LogP) is 1.56. The van der Waals surface area contributed by atoms with Crippen molar-refractivity contribution in [1.29, 1.82) is 0 Å². The summed E-state index contributed by atoms with van der Waals surface area (Å²) in [5, 5.41) is 17.7. The van der Waals surface area contributed by atoms with E-state index in [9.17, 15) is 10.1 Å². The van der Waals surface area contributed by atoms with Gasteiger partial charge in [0.1, 0.15) is 6.20 Å². The topological polar surface area (TPSA) is 82.2 Å². The fourth-order valence-electron chi connectivity index (χ4n) is 1.65. The maximum atomic E-state index is 10.7. The Bertz CT molecular complexity index is 414. The van der Waals surface area contributed by atoms with Crippen LogP contribution in [0, 0.1) is 16.0 Å². The van der Waals surface area contributed by atoms with E-state index in [1.807, 2.05) is 0 Å². The van der Waals surface area contributed by atoms with Crippen LogP contribution in [0.2, 0.25) is 0 Å². The van der Waals surface area contributed by atoms with Crippen LogP contribution in [0.25, 0.3) is 0 Å². The smallest absolute Gasteiger partial charge is 0.330 e. The van der Waals surface area contributed by atoms with Crippen LogP contribution in [-0.2, 0) is 11.8 Å². The molecule has 18 heavy (non-hydrogen) atoms. The normalized spacial score (nSPS) is 14.7. The average molecular weight is 254 g/mol. The van der Waals surface area contributed by atoms with E-state index in [1.165, 1.54) is 23.7 Å². The molecule has 1 saturated carbocycles. The summed E-state index contributed by atoms with van der Waals surface area (Å²) in [7, 11) is 1.66. The van der Waals surface area contributed by atoms with Crippen LogP contribution in [0.3, 0.4) is 0 Å². The third kappa shape index (κ3) is 3.69. The van der Waals surface area contributed by atoms with Crippen LogP contribution < -0.4 is 5.32 Å². The summed E-state index contributed by atoms with van der Waals surface area (Å²) < 4.78 is 6.91. The number of nitrogens with zero attached hydrogens (tertiary/aromatic N) is 3. The second-order valence-electron chi connectivity index (χ2n) is 4.59. The third-order valence-electron chi connectivity index (χ3n) is 2.81. The molecule has 7 heteroatoms. The first-order valence-electron chi connectivity index (χ1n) is 6.16. The first-order chi connectivity index (χ1) is 8.66. The van der Waals surface area contributed by atoms with Crippen molar-refractivity contribution in [2.24, 2.45) is 13.0 Å². The van der Waals surface area contributed by atoms with Crippen LogP contribution in [0.4, 0.5) is 11.5 Å². The highest BCUT2D eigenvalue weighted by Crippen LogP contribution is 2.28. The van der Waals surface area contributed by atoms with Crippen molar-refractivity contribution in [3.63, 3.8) is 0 Å². The van der Waals surface area contributed by atoms with E-state index < -0.39 is 4.92 Å². The highest BCUT2D eigenvalue weighted by Gasteiger charge is 2.21. The number of nitrogens with one attached hydrogen (secondary N) is 1. The Hall–Kier alpha value is -1.63. The zero-order valence-corrected chi connectivity index (χ0v) is 10.5. The molecule has 1 aliphatic rings. The minimum absolute atomic E-state index is 0.0106. The molecule has 0 aliphatic heterocycles. The molecule has 0 unspecified atom stereocenters. The third-order valence-corrected chi connectivity index (χ3v) is 2.81. The lowest BCUT2D eigenvalue weighted by Crippen LogP contribution is -2.08. The number of ether oxygens (including phenoxy) is 1. The molecular weight excluding hydrogens is 236 g/mol. The standard InChI is InChI=1S/C11H18N4O3/c1-14-7-10(15(16)17)11(13-14)12-5-2-6-18-8-9-3-4-9/h7,9H,2-6,8H2,1H3,(H,12,13). The molecular formula is C11H18N4O3. The second kappa shape index (κ2) is 5.81. The summed E-state index contributed by atoms with van der Waals surface area (Å²) in [6.45, 7) is 2.16. The summed E-state index contributed by atoms with van der Waals surface area (Å²) in [4.78, 5) is 10.3. The van der Waals surface area contributed by atoms with Crippen molar-refractivity contribution in [1.82, 2.24) is 9.78 Å². The molecule has 1 aromatic rings. The molecule has 0 saturated heterocycles. The number of anilines is 1. The van der Waals surface area contributed by atoms with Crippen molar-refractivity contribution in [3.8, 4) is 0 Å². The number of aryl methyl sites for hydroxylation is 1. The van der Waals surface area contributed by atoms with Gasteiger partial charge in [0.2, 0.25) is 5.82 Å². The quantitative estimate of drug-likeness (QED) is 0.432. The molecule has 0 bridgehead atoms. The summed E-state index contributed by atoms with van der Waals surface area (Å²) in [6, 6.07) is 0. The van der Waals surface area contributed by atoms with Crippen LogP contribution in [0.15, 0.2) is 6.20 Å². The van der Waals surface area contributed by atoms with Gasteiger partial charge in [-0.1, -0.05) is 0 Å². The molecule has 1 aromatic heterocycles. The van der Waals surface area contributed by atoms with E-state index in [-0.39, 0.29) is 5.69 Å². The summed E-state index contributed by atoms with van der Waals surface area (Å²) >= 11 is 0. The van der Waals surface area contributed by atoms with E-state index in [1.54, 1.807) is 7.05 Å². The molecule has 0 aromatic carbocycles. The van der Waals surface area contributed by atoms with Gasteiger partial charge < -0.3 is 10.1 Å². The summed E-state index contributed by atoms with van der Waals surface area (Å²) in [5.41, 5.74) is 0.0106. The highest BCUT2D eigenvalue weighted by atomic mass is 16.6. The van der Waals surface area contributed by atoms with Gasteiger partial charge in [-0.25, -0.2) is 0 Å². The first kappa shape index (κ1) is 12.8. The van der Waals surface area contributed by atoms with Gasteiger partial charge in [0, 0.05) is 26.8 Å². The fourth-order valence-corrected chi connectivity index (χ4v) is 1.65. The predicted molar refractivity (Wildman–Crippen MR) is 66.5 cm³/mol. The Balaban J connectivity index is 1.67. The lowest BCUT2D eigenvalue weighted by Gasteiger charge is -2.04. The van der Waals surface area contributed by atoms with Gasteiger partial charge in [-0.3, -0.25) is 14.8 Å². The minimum atomic E-state index is -0.432. The van der Waals surface area contributed by atoms with Crippen LogP contribution in [0.5, 0.6) is 0 Å². The number of aromatic nitrogens is 2. The van der Waals surface area contributed by atoms with Gasteiger partial charge in [0.25, 0.3) is 0 Å². The maximum Gasteiger partial charge on any atom is 0.330 e. The van der Waals surface area contributed by atoms with Crippen molar-refractivity contribution >= 4 is 11.5 Å². The van der Waals surface area contributed by atoms with Crippen LogP contribution in [-0.4, -0.2) is 34.5 Å². The Morgan fingerprint density at radius 3 is 3.11 bits per heavy atom. The van der Waals surface area contributed by atoms with Crippen LogP contribution >= 0.6 is 0 Å². The summed E-state index contributed by atoms with van der Waals surface area (Å²) in [5.74, 6) is 1.10. The number of rotatable bonds is 8. The minimum Gasteiger partial charge on any atom is -0.381 e. The van der Waals surface area contributed by atoms with Gasteiger partial charge in [-0.05, 0) is 25.2 Å². The van der Waals surface area contributed by atoms with Crippen molar-refractivity contribution < 1.29 is 9.66 Å². The Morgan fingerprint density at radius 2 is 2.44 bits per heavy atom. The van der Waals surface area contributed by atoms with Gasteiger partial charge in [-0.15, -0.1) is 5.10 Å². The number of hydrogen-bond donors (Lipinski definition) is 1. The molecule has 0 amide bonds. The molecule has 0 atom stereocenters. The Labute approximate surface area is 105 Å². The van der Waals surface area contributed by atoms with Gasteiger partial charge in [0.05, 0.1) is 4.92 Å². The van der Waals surface area contributed by atoms with E-state index in [0.717, 1.165) is 18.9 Å². The van der Waals surface area contributed by atoms with Crippen molar-refractivity contribution in [2.75, 3.05) is 25.1 Å². The molecule has 1 fully saturated rings. The largest absolute Gasteiger partial charge is 0.381 e. The molecule has 1 N–H and O–H groups in total. The Morgan fingerprint density at radius 1 is 1.67 bits per heavy atom. The monoisotopic (exact) mass is 254 g/mol. The lowest BCUT2D eigenvalue weighted by molar-refractivity contribution is -0.384. The van der Waals surface area contributed by atoms with E-state index in [2.05, 4.69) is 10.4 Å². The lowest BCUT2D eigenvalue weighted by atomic mass is 10.4. The van der Waals surface area contributed by atoms with Crippen molar-refractivity contribution in [2.45, 2.75) is 19.3 Å². The zero-order valence-electron chi connectivity index (χ0n) is 10.5. The molecule has 1 aliphatic carbocycles.